The lowest BCUT2D eigenvalue weighted by molar-refractivity contribution is 0.537. The molecule has 2 heteroatoms. The summed E-state index contributed by atoms with van der Waals surface area (Å²) >= 11 is 0. The molecule has 0 aromatic carbocycles. The molecule has 66 valence electrons. The van der Waals surface area contributed by atoms with Crippen LogP contribution in [0.15, 0.2) is 5.18 Å². The van der Waals surface area contributed by atoms with Crippen LogP contribution < -0.4 is 0 Å². The van der Waals surface area contributed by atoms with Crippen LogP contribution in [-0.2, 0) is 0 Å². The molecule has 0 spiro atoms. The first kappa shape index (κ1) is 10.6. The van der Waals surface area contributed by atoms with Gasteiger partial charge in [-0.1, -0.05) is 44.7 Å². The van der Waals surface area contributed by atoms with E-state index in [-0.39, 0.29) is 6.04 Å². The highest BCUT2D eigenvalue weighted by Gasteiger charge is 2.03. The SMILES string of the molecule is CCCCCCC(CC)N=O. The van der Waals surface area contributed by atoms with Gasteiger partial charge in [-0.2, -0.15) is 4.91 Å². The van der Waals surface area contributed by atoms with Crippen molar-refractivity contribution in [3.05, 3.63) is 4.91 Å². The van der Waals surface area contributed by atoms with Crippen LogP contribution >= 0.6 is 0 Å². The molecule has 0 rings (SSSR count). The molecule has 0 radical (unpaired) electrons. The minimum Gasteiger partial charge on any atom is -0.151 e. The van der Waals surface area contributed by atoms with Crippen molar-refractivity contribution in [2.75, 3.05) is 0 Å². The van der Waals surface area contributed by atoms with Gasteiger partial charge >= 0.3 is 0 Å². The van der Waals surface area contributed by atoms with E-state index in [1.165, 1.54) is 19.3 Å². The van der Waals surface area contributed by atoms with Crippen molar-refractivity contribution in [1.29, 1.82) is 0 Å². The van der Waals surface area contributed by atoms with E-state index in [4.69, 9.17) is 0 Å². The van der Waals surface area contributed by atoms with Gasteiger partial charge in [0.05, 0.1) is 6.04 Å². The Morgan fingerprint density at radius 2 is 1.91 bits per heavy atom. The fourth-order valence-corrected chi connectivity index (χ4v) is 1.14. The fourth-order valence-electron chi connectivity index (χ4n) is 1.14. The average Bonchev–Trinajstić information content (AvgIpc) is 2.05. The molecule has 0 aromatic heterocycles. The van der Waals surface area contributed by atoms with Crippen LogP contribution in [0.2, 0.25) is 0 Å². The Balaban J connectivity index is 3.14. The second-order valence-corrected chi connectivity index (χ2v) is 3.02. The van der Waals surface area contributed by atoms with Gasteiger partial charge in [0.25, 0.3) is 0 Å². The second-order valence-electron chi connectivity index (χ2n) is 3.02. The maximum absolute atomic E-state index is 10.1. The molecule has 1 atom stereocenters. The van der Waals surface area contributed by atoms with Crippen LogP contribution in [0.4, 0.5) is 0 Å². The molecule has 11 heavy (non-hydrogen) atoms. The lowest BCUT2D eigenvalue weighted by atomic mass is 10.1. The summed E-state index contributed by atoms with van der Waals surface area (Å²) in [5.41, 5.74) is 0. The van der Waals surface area contributed by atoms with Crippen molar-refractivity contribution in [3.8, 4) is 0 Å². The molecular formula is C9H19NO. The molecule has 1 unspecified atom stereocenters. The Morgan fingerprint density at radius 1 is 1.18 bits per heavy atom. The lowest BCUT2D eigenvalue weighted by Gasteiger charge is -2.03. The van der Waals surface area contributed by atoms with Gasteiger partial charge in [0.2, 0.25) is 0 Å². The van der Waals surface area contributed by atoms with Crippen molar-refractivity contribution in [2.45, 2.75) is 58.4 Å². The highest BCUT2D eigenvalue weighted by atomic mass is 16.3. The molecule has 0 aliphatic carbocycles. The standard InChI is InChI=1S/C9H19NO/c1-3-5-6-7-8-9(4-2)10-11/h9H,3-8H2,1-2H3. The summed E-state index contributed by atoms with van der Waals surface area (Å²) in [6, 6.07) is 0.0758. The van der Waals surface area contributed by atoms with Gasteiger partial charge in [0, 0.05) is 0 Å². The van der Waals surface area contributed by atoms with Gasteiger partial charge in [0.1, 0.15) is 0 Å². The number of hydrogen-bond donors (Lipinski definition) is 0. The quantitative estimate of drug-likeness (QED) is 0.411. The normalized spacial score (nSPS) is 12.9. The summed E-state index contributed by atoms with van der Waals surface area (Å²) in [6.07, 6.45) is 6.84. The molecule has 0 saturated heterocycles. The highest BCUT2D eigenvalue weighted by Crippen LogP contribution is 2.09. The third-order valence-corrected chi connectivity index (χ3v) is 2.01. The van der Waals surface area contributed by atoms with E-state index in [1.807, 2.05) is 6.92 Å². The highest BCUT2D eigenvalue weighted by molar-refractivity contribution is 4.62. The van der Waals surface area contributed by atoms with Gasteiger partial charge in [-0.3, -0.25) is 0 Å². The van der Waals surface area contributed by atoms with Gasteiger partial charge in [-0.25, -0.2) is 0 Å². The summed E-state index contributed by atoms with van der Waals surface area (Å²) in [7, 11) is 0. The van der Waals surface area contributed by atoms with Crippen LogP contribution in [0.5, 0.6) is 0 Å². The smallest absolute Gasteiger partial charge is 0.0917 e. The number of hydrogen-bond acceptors (Lipinski definition) is 2. The van der Waals surface area contributed by atoms with Gasteiger partial charge in [0.15, 0.2) is 0 Å². The third kappa shape index (κ3) is 6.02. The molecule has 0 heterocycles. The number of nitrogens with zero attached hydrogens (tertiary/aromatic N) is 1. The second kappa shape index (κ2) is 7.70. The molecule has 0 aromatic rings. The molecule has 0 aliphatic heterocycles. The van der Waals surface area contributed by atoms with Crippen LogP contribution in [0.1, 0.15) is 52.4 Å². The fraction of sp³-hybridized carbons (Fsp3) is 1.00. The molecule has 0 amide bonds. The minimum absolute atomic E-state index is 0.0758. The Kier molecular flexibility index (Phi) is 7.42. The van der Waals surface area contributed by atoms with Crippen LogP contribution in [-0.4, -0.2) is 6.04 Å². The van der Waals surface area contributed by atoms with Crippen molar-refractivity contribution < 1.29 is 0 Å². The predicted octanol–water partition coefficient (Wildman–Crippen LogP) is 3.50. The topological polar surface area (TPSA) is 29.4 Å². The maximum atomic E-state index is 10.1. The summed E-state index contributed by atoms with van der Waals surface area (Å²) < 4.78 is 0. The largest absolute Gasteiger partial charge is 0.151 e. The Morgan fingerprint density at radius 3 is 2.36 bits per heavy atom. The van der Waals surface area contributed by atoms with E-state index in [2.05, 4.69) is 12.1 Å². The molecule has 0 aliphatic rings. The van der Waals surface area contributed by atoms with Gasteiger partial charge < -0.3 is 0 Å². The number of unbranched alkanes of at least 4 members (excludes halogenated alkanes) is 3. The Hall–Kier alpha value is -0.400. The summed E-state index contributed by atoms with van der Waals surface area (Å²) in [5.74, 6) is 0. The van der Waals surface area contributed by atoms with E-state index >= 15 is 0 Å². The lowest BCUT2D eigenvalue weighted by Crippen LogP contribution is -2.00. The maximum Gasteiger partial charge on any atom is 0.0917 e. The first-order chi connectivity index (χ1) is 5.35. The minimum atomic E-state index is 0.0758. The van der Waals surface area contributed by atoms with E-state index in [0.29, 0.717) is 0 Å². The number of nitroso groups, excluding NO2 is 1. The monoisotopic (exact) mass is 157 g/mol. The Labute approximate surface area is 69.4 Å². The molecule has 0 saturated carbocycles. The van der Waals surface area contributed by atoms with E-state index in [9.17, 15) is 4.91 Å². The van der Waals surface area contributed by atoms with Crippen molar-refractivity contribution >= 4 is 0 Å². The Bertz CT molecular complexity index is 93.6. The van der Waals surface area contributed by atoms with Crippen LogP contribution in [0.25, 0.3) is 0 Å². The zero-order valence-corrected chi connectivity index (χ0v) is 7.68. The third-order valence-electron chi connectivity index (χ3n) is 2.01. The van der Waals surface area contributed by atoms with Crippen molar-refractivity contribution in [2.24, 2.45) is 5.18 Å². The molecular weight excluding hydrogens is 138 g/mol. The molecule has 0 N–H and O–H groups in total. The average molecular weight is 157 g/mol. The van der Waals surface area contributed by atoms with Crippen molar-refractivity contribution in [3.63, 3.8) is 0 Å². The van der Waals surface area contributed by atoms with Gasteiger partial charge in [-0.15, -0.1) is 0 Å². The van der Waals surface area contributed by atoms with E-state index in [0.717, 1.165) is 19.3 Å². The summed E-state index contributed by atoms with van der Waals surface area (Å²) in [6.45, 7) is 4.21. The first-order valence-electron chi connectivity index (χ1n) is 4.67. The zero-order valence-electron chi connectivity index (χ0n) is 7.68. The first-order valence-corrected chi connectivity index (χ1v) is 4.67. The zero-order chi connectivity index (χ0) is 8.53. The number of rotatable bonds is 7. The molecule has 0 bridgehead atoms. The van der Waals surface area contributed by atoms with Crippen molar-refractivity contribution in [1.82, 2.24) is 0 Å². The predicted molar refractivity (Wildman–Crippen MR) is 48.6 cm³/mol. The molecule has 2 nitrogen and oxygen atoms in total. The van der Waals surface area contributed by atoms with Gasteiger partial charge in [-0.05, 0) is 12.8 Å². The van der Waals surface area contributed by atoms with E-state index in [1.54, 1.807) is 0 Å². The van der Waals surface area contributed by atoms with Crippen LogP contribution in [0, 0.1) is 4.91 Å². The van der Waals surface area contributed by atoms with Crippen LogP contribution in [0.3, 0.4) is 0 Å². The summed E-state index contributed by atoms with van der Waals surface area (Å²) in [4.78, 5) is 10.1. The summed E-state index contributed by atoms with van der Waals surface area (Å²) in [5, 5.41) is 3.05. The molecule has 0 fully saturated rings. The van der Waals surface area contributed by atoms with E-state index < -0.39 is 0 Å².